The van der Waals surface area contributed by atoms with Gasteiger partial charge < -0.3 is 5.11 Å². The maximum atomic E-state index is 13.1. The van der Waals surface area contributed by atoms with Gasteiger partial charge in [0, 0.05) is 5.56 Å². The van der Waals surface area contributed by atoms with E-state index in [2.05, 4.69) is 0 Å². The van der Waals surface area contributed by atoms with E-state index in [9.17, 15) is 27.6 Å². The predicted octanol–water partition coefficient (Wildman–Crippen LogP) is 1.62. The number of nitrogens with zero attached hydrogens (tertiary/aromatic N) is 1. The minimum Gasteiger partial charge on any atom is -0.479 e. The summed E-state index contributed by atoms with van der Waals surface area (Å²) in [5.74, 6) is -4.76. The van der Waals surface area contributed by atoms with Crippen LogP contribution in [0.25, 0.3) is 0 Å². The lowest BCUT2D eigenvalue weighted by Crippen LogP contribution is -2.66. The van der Waals surface area contributed by atoms with Crippen molar-refractivity contribution in [1.82, 2.24) is 4.90 Å². The first-order chi connectivity index (χ1) is 9.60. The first kappa shape index (κ1) is 15.0. The summed E-state index contributed by atoms with van der Waals surface area (Å²) >= 11 is 0. The number of benzene rings is 1. The zero-order chi connectivity index (χ0) is 16.0. The number of imide groups is 1. The lowest BCUT2D eigenvalue weighted by molar-refractivity contribution is -0.226. The highest BCUT2D eigenvalue weighted by Gasteiger charge is 2.65. The van der Waals surface area contributed by atoms with Crippen molar-refractivity contribution in [3.05, 3.63) is 35.4 Å². The second-order valence-electron chi connectivity index (χ2n) is 4.74. The molecule has 1 N–H and O–H groups in total. The Morgan fingerprint density at radius 2 is 1.81 bits per heavy atom. The zero-order valence-corrected chi connectivity index (χ0v) is 10.8. The maximum absolute atomic E-state index is 13.1. The van der Waals surface area contributed by atoms with Gasteiger partial charge in [-0.2, -0.15) is 13.2 Å². The average Bonchev–Trinajstić information content (AvgIpc) is 2.36. The van der Waals surface area contributed by atoms with E-state index in [1.165, 1.54) is 24.3 Å². The summed E-state index contributed by atoms with van der Waals surface area (Å²) in [6.45, 7) is 0.305. The summed E-state index contributed by atoms with van der Waals surface area (Å²) in [4.78, 5) is 35.0. The van der Waals surface area contributed by atoms with Crippen molar-refractivity contribution < 1.29 is 32.7 Å². The molecular formula is C13H10F3NO4. The van der Waals surface area contributed by atoms with E-state index >= 15 is 0 Å². The van der Waals surface area contributed by atoms with Crippen LogP contribution >= 0.6 is 0 Å². The quantitative estimate of drug-likeness (QED) is 0.842. The summed E-state index contributed by atoms with van der Waals surface area (Å²) in [6.07, 6.45) is -5.75. The second kappa shape index (κ2) is 4.57. The molecule has 1 heterocycles. The van der Waals surface area contributed by atoms with Gasteiger partial charge >= 0.3 is 12.1 Å². The van der Waals surface area contributed by atoms with E-state index < -0.39 is 35.9 Å². The molecule has 0 aromatic heterocycles. The predicted molar refractivity (Wildman–Crippen MR) is 63.4 cm³/mol. The highest BCUT2D eigenvalue weighted by atomic mass is 19.4. The van der Waals surface area contributed by atoms with Crippen molar-refractivity contribution in [2.24, 2.45) is 0 Å². The minimum absolute atomic E-state index is 0.103. The fourth-order valence-electron chi connectivity index (χ4n) is 2.15. The molecule has 1 unspecified atom stereocenters. The molecule has 0 fully saturated rings. The molecule has 2 rings (SSSR count). The van der Waals surface area contributed by atoms with Gasteiger partial charge in [-0.25, -0.2) is 4.79 Å². The van der Waals surface area contributed by atoms with Crippen LogP contribution in [0.4, 0.5) is 13.2 Å². The summed E-state index contributed by atoms with van der Waals surface area (Å²) in [6, 6.07) is 5.66. The monoisotopic (exact) mass is 301 g/mol. The highest BCUT2D eigenvalue weighted by Crippen LogP contribution is 2.38. The molecule has 1 aromatic carbocycles. The third kappa shape index (κ3) is 2.07. The van der Waals surface area contributed by atoms with Gasteiger partial charge in [-0.05, 0) is 18.6 Å². The van der Waals surface area contributed by atoms with Crippen molar-refractivity contribution in [3.8, 4) is 0 Å². The van der Waals surface area contributed by atoms with Gasteiger partial charge in [0.2, 0.25) is 11.4 Å². The molecule has 1 aliphatic heterocycles. The van der Waals surface area contributed by atoms with Gasteiger partial charge in [0.15, 0.2) is 0 Å². The molecule has 0 aliphatic carbocycles. The Morgan fingerprint density at radius 3 is 2.33 bits per heavy atom. The molecule has 1 aliphatic rings. The lowest BCUT2D eigenvalue weighted by Gasteiger charge is -2.39. The van der Waals surface area contributed by atoms with Crippen molar-refractivity contribution in [2.45, 2.75) is 25.1 Å². The summed E-state index contributed by atoms with van der Waals surface area (Å²) < 4.78 is 39.4. The third-order valence-corrected chi connectivity index (χ3v) is 3.46. The maximum Gasteiger partial charge on any atom is 0.422 e. The smallest absolute Gasteiger partial charge is 0.422 e. The molecular weight excluding hydrogens is 291 g/mol. The Kier molecular flexibility index (Phi) is 3.27. The number of aliphatic carboxylic acids is 1. The largest absolute Gasteiger partial charge is 0.479 e. The molecule has 2 amide bonds. The number of hydrogen-bond donors (Lipinski definition) is 1. The molecule has 0 radical (unpaired) electrons. The molecule has 21 heavy (non-hydrogen) atoms. The van der Waals surface area contributed by atoms with Gasteiger partial charge in [0.25, 0.3) is 5.91 Å². The Balaban J connectivity index is 2.61. The van der Waals surface area contributed by atoms with Gasteiger partial charge in [0.1, 0.15) is 0 Å². The van der Waals surface area contributed by atoms with E-state index in [-0.39, 0.29) is 16.0 Å². The number of halogens is 3. The van der Waals surface area contributed by atoms with Crippen LogP contribution in [-0.4, -0.2) is 39.5 Å². The number of hydrogen-bond acceptors (Lipinski definition) is 3. The van der Waals surface area contributed by atoms with E-state index in [1.54, 1.807) is 0 Å². The normalized spacial score (nSPS) is 18.2. The van der Waals surface area contributed by atoms with Gasteiger partial charge in [-0.1, -0.05) is 18.2 Å². The highest BCUT2D eigenvalue weighted by molar-refractivity contribution is 6.12. The fraction of sp³-hybridized carbons (Fsp3) is 0.308. The van der Waals surface area contributed by atoms with Gasteiger partial charge in [-0.3, -0.25) is 14.5 Å². The van der Waals surface area contributed by atoms with Crippen LogP contribution in [0.1, 0.15) is 22.8 Å². The molecule has 112 valence electrons. The Morgan fingerprint density at radius 1 is 1.24 bits per heavy atom. The first-order valence-electron chi connectivity index (χ1n) is 5.86. The molecule has 0 bridgehead atoms. The van der Waals surface area contributed by atoms with Crippen LogP contribution in [0.3, 0.4) is 0 Å². The third-order valence-electron chi connectivity index (χ3n) is 3.46. The van der Waals surface area contributed by atoms with Crippen LogP contribution in [0, 0.1) is 0 Å². The van der Waals surface area contributed by atoms with E-state index in [4.69, 9.17) is 5.11 Å². The van der Waals surface area contributed by atoms with Crippen molar-refractivity contribution >= 4 is 17.8 Å². The van der Waals surface area contributed by atoms with Crippen molar-refractivity contribution in [3.63, 3.8) is 0 Å². The topological polar surface area (TPSA) is 74.7 Å². The number of carboxylic acid groups (broad SMARTS) is 1. The molecule has 8 heteroatoms. The first-order valence-corrected chi connectivity index (χ1v) is 5.86. The van der Waals surface area contributed by atoms with E-state index in [0.717, 1.165) is 0 Å². The molecule has 0 spiro atoms. The summed E-state index contributed by atoms with van der Waals surface area (Å²) in [5.41, 5.74) is -3.43. The number of fused-ring (bicyclic) bond motifs is 1. The van der Waals surface area contributed by atoms with Crippen LogP contribution in [0.2, 0.25) is 0 Å². The fourth-order valence-corrected chi connectivity index (χ4v) is 2.15. The van der Waals surface area contributed by atoms with Crippen LogP contribution in [0.5, 0.6) is 0 Å². The molecule has 0 saturated heterocycles. The molecule has 0 saturated carbocycles. The zero-order valence-electron chi connectivity index (χ0n) is 10.8. The van der Waals surface area contributed by atoms with Crippen molar-refractivity contribution in [1.29, 1.82) is 0 Å². The molecule has 1 aromatic rings. The van der Waals surface area contributed by atoms with E-state index in [0.29, 0.717) is 6.92 Å². The molecule has 1 atom stereocenters. The van der Waals surface area contributed by atoms with E-state index in [1.807, 2.05) is 0 Å². The van der Waals surface area contributed by atoms with Crippen LogP contribution in [-0.2, 0) is 16.0 Å². The lowest BCUT2D eigenvalue weighted by atomic mass is 9.91. The second-order valence-corrected chi connectivity index (χ2v) is 4.74. The van der Waals surface area contributed by atoms with Crippen molar-refractivity contribution in [2.75, 3.05) is 0 Å². The Bertz CT molecular complexity index is 641. The van der Waals surface area contributed by atoms with Crippen LogP contribution < -0.4 is 0 Å². The number of carbonyl (C=O) groups excluding carboxylic acids is 2. The SMILES string of the molecule is CC(C(=O)O)(N1C(=O)Cc2ccccc2C1=O)C(F)(F)F. The summed E-state index contributed by atoms with van der Waals surface area (Å²) in [7, 11) is 0. The number of alkyl halides is 3. The number of rotatable bonds is 2. The standard InChI is InChI=1S/C13H10F3NO4/c1-12(11(20)21,13(14,15)16)17-9(18)6-7-4-2-3-5-8(7)10(17)19/h2-5H,6H2,1H3,(H,20,21). The number of carbonyl (C=O) groups is 3. The number of amides is 2. The molecule has 5 nitrogen and oxygen atoms in total. The average molecular weight is 301 g/mol. The Labute approximate surface area is 117 Å². The van der Waals surface area contributed by atoms with Crippen LogP contribution in [0.15, 0.2) is 24.3 Å². The minimum atomic E-state index is -5.30. The Hall–Kier alpha value is -2.38. The van der Waals surface area contributed by atoms with Gasteiger partial charge in [0.05, 0.1) is 6.42 Å². The summed E-state index contributed by atoms with van der Waals surface area (Å²) in [5, 5.41) is 8.94. The van der Waals surface area contributed by atoms with Gasteiger partial charge in [-0.15, -0.1) is 0 Å². The number of carboxylic acids is 1.